The van der Waals surface area contributed by atoms with Crippen LogP contribution in [-0.4, -0.2) is 15.9 Å². The monoisotopic (exact) mass is 383 g/mol. The number of nitrogens with one attached hydrogen (secondary N) is 2. The van der Waals surface area contributed by atoms with Crippen LogP contribution in [0, 0.1) is 11.6 Å². The standard InChI is InChI=1S/C20H17F2N3O.C2H6/c1-3-15(25-20(26)18-13(21)8-7-9-14(18)22)12(2)19-23-16-10-5-4-6-11-17(16)24-19;1-2/h3-5,7-11H,2,6H2,1H3,(H,23,24)(H,25,26);1-2H3/b15-3+;. The van der Waals surface area contributed by atoms with Crippen LogP contribution in [0.5, 0.6) is 0 Å². The molecule has 0 saturated carbocycles. The Balaban J connectivity index is 0.00000136. The maximum atomic E-state index is 13.8. The van der Waals surface area contributed by atoms with E-state index >= 15 is 0 Å². The molecule has 0 aliphatic heterocycles. The van der Waals surface area contributed by atoms with E-state index in [-0.39, 0.29) is 0 Å². The van der Waals surface area contributed by atoms with Crippen molar-refractivity contribution in [3.8, 4) is 0 Å². The number of carbonyl (C=O) groups excluding carboxylic acids is 1. The molecule has 28 heavy (non-hydrogen) atoms. The lowest BCUT2D eigenvalue weighted by atomic mass is 10.1. The molecule has 0 saturated heterocycles. The van der Waals surface area contributed by atoms with E-state index in [1.54, 1.807) is 13.0 Å². The van der Waals surface area contributed by atoms with Gasteiger partial charge < -0.3 is 10.3 Å². The van der Waals surface area contributed by atoms with Gasteiger partial charge in [0, 0.05) is 11.3 Å². The Bertz CT molecular complexity index is 1040. The van der Waals surface area contributed by atoms with Crippen LogP contribution in [0.15, 0.2) is 48.7 Å². The Morgan fingerprint density at radius 1 is 1.29 bits per heavy atom. The first-order valence-electron chi connectivity index (χ1n) is 9.05. The van der Waals surface area contributed by atoms with Gasteiger partial charge in [0.05, 0.1) is 10.7 Å². The fraction of sp³-hybridized carbons (Fsp3) is 0.182. The Labute approximate surface area is 162 Å². The molecule has 0 fully saturated rings. The lowest BCUT2D eigenvalue weighted by molar-refractivity contribution is 0.0959. The van der Waals surface area contributed by atoms with E-state index in [0.717, 1.165) is 29.3 Å². The van der Waals surface area contributed by atoms with Crippen molar-refractivity contribution in [3.05, 3.63) is 82.4 Å². The number of carbonyl (C=O) groups is 1. The van der Waals surface area contributed by atoms with Crippen molar-refractivity contribution in [3.63, 3.8) is 0 Å². The molecule has 1 aliphatic carbocycles. The van der Waals surface area contributed by atoms with Gasteiger partial charge in [-0.25, -0.2) is 13.8 Å². The highest BCUT2D eigenvalue weighted by atomic mass is 19.1. The van der Waals surface area contributed by atoms with Crippen LogP contribution in [0.4, 0.5) is 8.78 Å². The van der Waals surface area contributed by atoms with Gasteiger partial charge in [-0.1, -0.05) is 50.8 Å². The first-order chi connectivity index (χ1) is 13.5. The molecule has 2 aromatic rings. The van der Waals surface area contributed by atoms with Gasteiger partial charge >= 0.3 is 0 Å². The van der Waals surface area contributed by atoms with Crippen molar-refractivity contribution in [2.45, 2.75) is 27.2 Å². The van der Waals surface area contributed by atoms with Gasteiger partial charge in [-0.3, -0.25) is 4.79 Å². The highest BCUT2D eigenvalue weighted by Crippen LogP contribution is 2.17. The third-order valence-electron chi connectivity index (χ3n) is 3.95. The van der Waals surface area contributed by atoms with E-state index in [1.165, 1.54) is 6.07 Å². The van der Waals surface area contributed by atoms with E-state index in [4.69, 9.17) is 0 Å². The quantitative estimate of drug-likeness (QED) is 0.793. The summed E-state index contributed by atoms with van der Waals surface area (Å²) in [5.41, 5.74) is 0.0928. The summed E-state index contributed by atoms with van der Waals surface area (Å²) in [6.07, 6.45) is 10.1. The maximum absolute atomic E-state index is 13.8. The highest BCUT2D eigenvalue weighted by Gasteiger charge is 2.19. The number of fused-ring (bicyclic) bond motifs is 1. The van der Waals surface area contributed by atoms with E-state index in [9.17, 15) is 13.6 Å². The fourth-order valence-corrected chi connectivity index (χ4v) is 2.60. The number of halogens is 2. The van der Waals surface area contributed by atoms with Gasteiger partial charge in [-0.05, 0) is 31.6 Å². The van der Waals surface area contributed by atoms with Crippen molar-refractivity contribution in [2.24, 2.45) is 0 Å². The Kier molecular flexibility index (Phi) is 7.21. The summed E-state index contributed by atoms with van der Waals surface area (Å²) < 4.78 is 27.6. The molecular weight excluding hydrogens is 360 g/mol. The van der Waals surface area contributed by atoms with Gasteiger partial charge in [0.1, 0.15) is 23.0 Å². The maximum Gasteiger partial charge on any atom is 0.261 e. The Morgan fingerprint density at radius 2 is 1.96 bits per heavy atom. The predicted molar refractivity (Wildman–Crippen MR) is 108 cm³/mol. The van der Waals surface area contributed by atoms with Gasteiger partial charge in [0.2, 0.25) is 0 Å². The average molecular weight is 383 g/mol. The van der Waals surface area contributed by atoms with Crippen LogP contribution in [0.1, 0.15) is 43.4 Å². The summed E-state index contributed by atoms with van der Waals surface area (Å²) >= 11 is 0. The molecule has 2 N–H and O–H groups in total. The molecule has 4 nitrogen and oxygen atoms in total. The van der Waals surface area contributed by atoms with Crippen LogP contribution in [0.2, 0.25) is 0 Å². The number of aromatic amines is 1. The number of nitrogens with zero attached hydrogens (tertiary/aromatic N) is 1. The van der Waals surface area contributed by atoms with Crippen molar-refractivity contribution in [1.29, 1.82) is 0 Å². The van der Waals surface area contributed by atoms with Gasteiger partial charge in [-0.2, -0.15) is 0 Å². The van der Waals surface area contributed by atoms with Gasteiger partial charge in [0.15, 0.2) is 0 Å². The van der Waals surface area contributed by atoms with Crippen molar-refractivity contribution in [1.82, 2.24) is 15.3 Å². The summed E-state index contributed by atoms with van der Waals surface area (Å²) in [5.74, 6) is -2.27. The molecule has 3 rings (SSSR count). The van der Waals surface area contributed by atoms with E-state index in [0.29, 0.717) is 17.1 Å². The van der Waals surface area contributed by atoms with E-state index in [2.05, 4.69) is 21.9 Å². The molecule has 1 aromatic heterocycles. The minimum Gasteiger partial charge on any atom is -0.338 e. The Morgan fingerprint density at radius 3 is 2.61 bits per heavy atom. The second kappa shape index (κ2) is 9.60. The van der Waals surface area contributed by atoms with E-state index in [1.807, 2.05) is 38.2 Å². The van der Waals surface area contributed by atoms with Crippen molar-refractivity contribution >= 4 is 23.6 Å². The zero-order valence-electron chi connectivity index (χ0n) is 16.1. The topological polar surface area (TPSA) is 57.8 Å². The lowest BCUT2D eigenvalue weighted by Gasteiger charge is -2.11. The molecule has 0 spiro atoms. The van der Waals surface area contributed by atoms with Crippen LogP contribution in [0.3, 0.4) is 0 Å². The minimum atomic E-state index is -0.927. The largest absolute Gasteiger partial charge is 0.338 e. The van der Waals surface area contributed by atoms with Crippen LogP contribution in [-0.2, 0) is 0 Å². The Hall–Kier alpha value is -3.28. The van der Waals surface area contributed by atoms with Crippen LogP contribution in [0.25, 0.3) is 17.7 Å². The van der Waals surface area contributed by atoms with Crippen LogP contribution >= 0.6 is 0 Å². The number of rotatable bonds is 4. The fourth-order valence-electron chi connectivity index (χ4n) is 2.60. The number of hydrogen-bond acceptors (Lipinski definition) is 2. The second-order valence-electron chi connectivity index (χ2n) is 5.65. The molecule has 0 bridgehead atoms. The molecule has 0 radical (unpaired) electrons. The second-order valence-corrected chi connectivity index (χ2v) is 5.65. The number of H-pyrrole nitrogens is 1. The van der Waals surface area contributed by atoms with Crippen molar-refractivity contribution < 1.29 is 13.6 Å². The first kappa shape index (κ1) is 21.0. The molecule has 6 heteroatoms. The van der Waals surface area contributed by atoms with E-state index < -0.39 is 23.1 Å². The highest BCUT2D eigenvalue weighted by molar-refractivity contribution is 5.98. The predicted octanol–water partition coefficient (Wildman–Crippen LogP) is 3.58. The molecule has 1 amide bonds. The third kappa shape index (κ3) is 4.52. The van der Waals surface area contributed by atoms with Gasteiger partial charge in [-0.15, -0.1) is 0 Å². The normalized spacial score (nSPS) is 12.5. The molecule has 1 aromatic carbocycles. The molecule has 1 aliphatic rings. The number of hydrogen-bond donors (Lipinski definition) is 2. The molecule has 0 unspecified atom stereocenters. The number of imidazole rings is 1. The summed E-state index contributed by atoms with van der Waals surface area (Å²) in [4.78, 5) is 19.9. The zero-order valence-corrected chi connectivity index (χ0v) is 16.1. The summed E-state index contributed by atoms with van der Waals surface area (Å²) in [7, 11) is 0. The minimum absolute atomic E-state index is 0.317. The van der Waals surface area contributed by atoms with Crippen LogP contribution < -0.4 is 16.0 Å². The molecule has 1 heterocycles. The lowest BCUT2D eigenvalue weighted by Crippen LogP contribution is -2.25. The van der Waals surface area contributed by atoms with Crippen molar-refractivity contribution in [2.75, 3.05) is 0 Å². The summed E-state index contributed by atoms with van der Waals surface area (Å²) in [5, 5.41) is 4.12. The molecule has 146 valence electrons. The smallest absolute Gasteiger partial charge is 0.261 e. The number of amides is 1. The zero-order chi connectivity index (χ0) is 20.7. The third-order valence-corrected chi connectivity index (χ3v) is 3.95. The number of aromatic nitrogens is 2. The average Bonchev–Trinajstić information content (AvgIpc) is 2.97. The number of allylic oxidation sites excluding steroid dienone is 4. The summed E-state index contributed by atoms with van der Waals surface area (Å²) in [6.45, 7) is 9.63. The summed E-state index contributed by atoms with van der Waals surface area (Å²) in [6, 6.07) is 3.27. The number of benzene rings is 1. The molecular formula is C22H23F2N3O. The van der Waals surface area contributed by atoms with Gasteiger partial charge in [0.25, 0.3) is 5.91 Å². The SMILES string of the molecule is C=C(/C(=C\C)NC(=O)c1c(F)cccc1F)c1nc2c([nH]1)=CC=CCC=2.CC. The first-order valence-corrected chi connectivity index (χ1v) is 9.05. The molecule has 0 atom stereocenters.